The van der Waals surface area contributed by atoms with Gasteiger partial charge in [0.15, 0.2) is 5.76 Å². The van der Waals surface area contributed by atoms with Gasteiger partial charge in [0.25, 0.3) is 0 Å². The molecule has 5 heteroatoms. The Hall–Kier alpha value is -2.33. The zero-order valence-corrected chi connectivity index (χ0v) is 14.6. The molecule has 1 aromatic heterocycles. The van der Waals surface area contributed by atoms with E-state index in [1.54, 1.807) is 0 Å². The Balaban J connectivity index is 1.70. The van der Waals surface area contributed by atoms with Gasteiger partial charge in [-0.15, -0.1) is 0 Å². The molecule has 0 unspecified atom stereocenters. The first-order valence-electron chi connectivity index (χ1n) is 8.63. The van der Waals surface area contributed by atoms with Crippen molar-refractivity contribution >= 4 is 28.4 Å². The Labute approximate surface area is 151 Å². The number of rotatable bonds is 3. The molecule has 4 rings (SSSR count). The fourth-order valence-electron chi connectivity index (χ4n) is 3.43. The van der Waals surface area contributed by atoms with Gasteiger partial charge in [0, 0.05) is 23.7 Å². The number of halogens is 1. The van der Waals surface area contributed by atoms with Crippen LogP contribution in [0.4, 0.5) is 0 Å². The fraction of sp³-hybridized carbons (Fsp3) is 0.300. The van der Waals surface area contributed by atoms with Crippen molar-refractivity contribution in [2.45, 2.75) is 25.7 Å². The second-order valence-corrected chi connectivity index (χ2v) is 6.89. The van der Waals surface area contributed by atoms with Gasteiger partial charge in [0.2, 0.25) is 5.91 Å². The molecule has 0 atom stereocenters. The summed E-state index contributed by atoms with van der Waals surface area (Å²) in [5.41, 5.74) is 2.48. The highest BCUT2D eigenvalue weighted by Gasteiger charge is 2.20. The zero-order valence-electron chi connectivity index (χ0n) is 13.9. The van der Waals surface area contributed by atoms with Crippen molar-refractivity contribution < 1.29 is 9.32 Å². The summed E-state index contributed by atoms with van der Waals surface area (Å²) in [6, 6.07) is 13.5. The van der Waals surface area contributed by atoms with Crippen LogP contribution in [0, 0.1) is 0 Å². The van der Waals surface area contributed by atoms with E-state index in [4.69, 9.17) is 16.1 Å². The molecular weight excluding hydrogens is 336 g/mol. The highest BCUT2D eigenvalue weighted by molar-refractivity contribution is 6.31. The molecule has 1 aliphatic heterocycles. The molecule has 1 amide bonds. The van der Waals surface area contributed by atoms with Gasteiger partial charge >= 0.3 is 0 Å². The van der Waals surface area contributed by atoms with Crippen LogP contribution in [0.2, 0.25) is 5.02 Å². The van der Waals surface area contributed by atoms with Crippen LogP contribution in [0.3, 0.4) is 0 Å². The molecule has 0 saturated carbocycles. The van der Waals surface area contributed by atoms with Gasteiger partial charge in [0.05, 0.1) is 11.8 Å². The van der Waals surface area contributed by atoms with Crippen molar-refractivity contribution in [1.82, 2.24) is 10.1 Å². The lowest BCUT2D eigenvalue weighted by Gasteiger charge is -2.26. The maximum Gasteiger partial charge on any atom is 0.227 e. The molecule has 0 spiro atoms. The molecule has 1 saturated heterocycles. The van der Waals surface area contributed by atoms with Gasteiger partial charge in [-0.25, -0.2) is 0 Å². The molecule has 0 aliphatic carbocycles. The monoisotopic (exact) mass is 354 g/mol. The fourth-order valence-corrected chi connectivity index (χ4v) is 3.67. The third-order valence-electron chi connectivity index (χ3n) is 4.71. The van der Waals surface area contributed by atoms with E-state index in [2.05, 4.69) is 5.16 Å². The molecule has 3 aromatic rings. The van der Waals surface area contributed by atoms with E-state index in [9.17, 15) is 4.79 Å². The number of piperidine rings is 1. The highest BCUT2D eigenvalue weighted by Crippen LogP contribution is 2.33. The van der Waals surface area contributed by atoms with Crippen LogP contribution in [0.25, 0.3) is 22.2 Å². The van der Waals surface area contributed by atoms with Gasteiger partial charge in [-0.3, -0.25) is 4.79 Å². The molecule has 0 radical (unpaired) electrons. The van der Waals surface area contributed by atoms with E-state index >= 15 is 0 Å². The summed E-state index contributed by atoms with van der Waals surface area (Å²) in [5, 5.41) is 5.67. The smallest absolute Gasteiger partial charge is 0.227 e. The van der Waals surface area contributed by atoms with Crippen molar-refractivity contribution in [1.29, 1.82) is 0 Å². The lowest BCUT2D eigenvalue weighted by molar-refractivity contribution is -0.131. The molecule has 4 nitrogen and oxygen atoms in total. The molecule has 2 aromatic carbocycles. The number of carbonyl (C=O) groups excluding carboxylic acids is 1. The Morgan fingerprint density at radius 3 is 2.64 bits per heavy atom. The highest BCUT2D eigenvalue weighted by atomic mass is 35.5. The molecule has 1 fully saturated rings. The summed E-state index contributed by atoms with van der Waals surface area (Å²) >= 11 is 6.32. The molecule has 1 aliphatic rings. The molecule has 0 bridgehead atoms. The summed E-state index contributed by atoms with van der Waals surface area (Å²) in [6.45, 7) is 1.69. The van der Waals surface area contributed by atoms with Crippen LogP contribution >= 0.6 is 11.6 Å². The van der Waals surface area contributed by atoms with Gasteiger partial charge in [-0.1, -0.05) is 47.1 Å². The van der Waals surface area contributed by atoms with Gasteiger partial charge in [-0.2, -0.15) is 0 Å². The number of aromatic nitrogens is 1. The summed E-state index contributed by atoms with van der Waals surface area (Å²) in [7, 11) is 0. The maximum atomic E-state index is 12.6. The van der Waals surface area contributed by atoms with Crippen LogP contribution in [0.5, 0.6) is 0 Å². The first kappa shape index (κ1) is 16.2. The standard InChI is InChI=1S/C20H19ClN2O2/c21-16-11-15(12-18(24)23-9-5-2-6-10-23)19-17(13-16)20(25-22-19)14-7-3-1-4-8-14/h1,3-4,7-8,11,13H,2,5-6,9-10,12H2. The first-order valence-corrected chi connectivity index (χ1v) is 9.01. The number of carbonyl (C=O) groups is 1. The summed E-state index contributed by atoms with van der Waals surface area (Å²) in [6.07, 6.45) is 3.67. The van der Waals surface area contributed by atoms with Gasteiger partial charge in [0.1, 0.15) is 5.52 Å². The summed E-state index contributed by atoms with van der Waals surface area (Å²) in [4.78, 5) is 14.6. The van der Waals surface area contributed by atoms with Crippen LogP contribution in [0.15, 0.2) is 47.0 Å². The molecular formula is C20H19ClN2O2. The maximum absolute atomic E-state index is 12.6. The van der Waals surface area contributed by atoms with Crippen LogP contribution in [-0.2, 0) is 11.2 Å². The van der Waals surface area contributed by atoms with E-state index < -0.39 is 0 Å². The third kappa shape index (κ3) is 3.27. The minimum atomic E-state index is 0.132. The quantitative estimate of drug-likeness (QED) is 0.684. The largest absolute Gasteiger partial charge is 0.355 e. The van der Waals surface area contributed by atoms with E-state index in [-0.39, 0.29) is 5.91 Å². The van der Waals surface area contributed by atoms with Gasteiger partial charge in [-0.05, 0) is 37.0 Å². The van der Waals surface area contributed by atoms with Crippen molar-refractivity contribution in [3.8, 4) is 11.3 Å². The van der Waals surface area contributed by atoms with E-state index in [1.807, 2.05) is 47.4 Å². The minimum absolute atomic E-state index is 0.132. The third-order valence-corrected chi connectivity index (χ3v) is 4.93. The van der Waals surface area contributed by atoms with Crippen LogP contribution in [0.1, 0.15) is 24.8 Å². The van der Waals surface area contributed by atoms with Crippen molar-refractivity contribution in [3.05, 3.63) is 53.1 Å². The number of likely N-dealkylation sites (tertiary alicyclic amines) is 1. The normalized spacial score (nSPS) is 14.8. The molecule has 2 heterocycles. The lowest BCUT2D eigenvalue weighted by atomic mass is 10.0. The van der Waals surface area contributed by atoms with E-state index in [0.717, 1.165) is 42.4 Å². The summed E-state index contributed by atoms with van der Waals surface area (Å²) in [5.74, 6) is 0.817. The summed E-state index contributed by atoms with van der Waals surface area (Å²) < 4.78 is 5.59. The Morgan fingerprint density at radius 1 is 1.12 bits per heavy atom. The molecule has 25 heavy (non-hydrogen) atoms. The van der Waals surface area contributed by atoms with Crippen molar-refractivity contribution in [2.24, 2.45) is 0 Å². The predicted molar refractivity (Wildman–Crippen MR) is 98.6 cm³/mol. The van der Waals surface area contributed by atoms with E-state index in [0.29, 0.717) is 22.7 Å². The Kier molecular flexibility index (Phi) is 4.45. The number of hydrogen-bond acceptors (Lipinski definition) is 3. The number of benzene rings is 2. The Bertz CT molecular complexity index is 899. The second kappa shape index (κ2) is 6.89. The lowest BCUT2D eigenvalue weighted by Crippen LogP contribution is -2.36. The average Bonchev–Trinajstić information content (AvgIpc) is 3.07. The van der Waals surface area contributed by atoms with E-state index in [1.165, 1.54) is 6.42 Å². The number of hydrogen-bond donors (Lipinski definition) is 0. The topological polar surface area (TPSA) is 46.3 Å². The first-order chi connectivity index (χ1) is 12.2. The van der Waals surface area contributed by atoms with Crippen molar-refractivity contribution in [2.75, 3.05) is 13.1 Å². The predicted octanol–water partition coefficient (Wildman–Crippen LogP) is 4.70. The second-order valence-electron chi connectivity index (χ2n) is 6.46. The number of fused-ring (bicyclic) bond motifs is 1. The number of nitrogens with zero attached hydrogens (tertiary/aromatic N) is 2. The molecule has 128 valence electrons. The number of amides is 1. The average molecular weight is 355 g/mol. The van der Waals surface area contributed by atoms with Crippen molar-refractivity contribution in [3.63, 3.8) is 0 Å². The molecule has 0 N–H and O–H groups in total. The zero-order chi connectivity index (χ0) is 17.2. The SMILES string of the molecule is O=C(Cc1cc(Cl)cc2c(-c3ccccc3)onc12)N1CCCCC1. The van der Waals surface area contributed by atoms with Gasteiger partial charge < -0.3 is 9.42 Å². The minimum Gasteiger partial charge on any atom is -0.355 e. The van der Waals surface area contributed by atoms with Crippen LogP contribution < -0.4 is 0 Å². The van der Waals surface area contributed by atoms with Crippen LogP contribution in [-0.4, -0.2) is 29.1 Å². The Morgan fingerprint density at radius 2 is 1.88 bits per heavy atom.